The Balaban J connectivity index is 1.78. The lowest BCUT2D eigenvalue weighted by atomic mass is 9.97. The minimum Gasteiger partial charge on any atom is -0.324 e. The fraction of sp³-hybridized carbons (Fsp3) is 0.200. The van der Waals surface area contributed by atoms with Gasteiger partial charge in [-0.25, -0.2) is 22.0 Å². The Morgan fingerprint density at radius 2 is 1.94 bits per heavy atom. The lowest BCUT2D eigenvalue weighted by Crippen LogP contribution is -2.41. The van der Waals surface area contributed by atoms with E-state index in [9.17, 15) is 26.8 Å². The van der Waals surface area contributed by atoms with E-state index in [2.05, 4.69) is 10.3 Å². The first-order chi connectivity index (χ1) is 14.6. The van der Waals surface area contributed by atoms with Crippen LogP contribution in [0.2, 0.25) is 5.02 Å². The standard InChI is InChI=1S/C20H16ClF2N3O4S/c1-26(20(28)24-11-3-5-15(23)14(21)7-11)17-9-31(29,30)8-16-18(17)12-4-2-10(22)6-13(12)19(27)25-16/h2-7,17H,8-9H2,1H3,(H,24,28)(H,25,27). The van der Waals surface area contributed by atoms with Gasteiger partial charge in [-0.15, -0.1) is 0 Å². The van der Waals surface area contributed by atoms with Crippen LogP contribution in [0.3, 0.4) is 0 Å². The van der Waals surface area contributed by atoms with Gasteiger partial charge in [-0.2, -0.15) is 0 Å². The van der Waals surface area contributed by atoms with Crippen LogP contribution < -0.4 is 10.9 Å². The molecule has 11 heteroatoms. The zero-order valence-electron chi connectivity index (χ0n) is 16.1. The number of sulfone groups is 1. The van der Waals surface area contributed by atoms with E-state index in [1.54, 1.807) is 0 Å². The van der Waals surface area contributed by atoms with Crippen molar-refractivity contribution in [1.82, 2.24) is 9.88 Å². The summed E-state index contributed by atoms with van der Waals surface area (Å²) in [6.45, 7) is 0. The lowest BCUT2D eigenvalue weighted by Gasteiger charge is -2.33. The van der Waals surface area contributed by atoms with Gasteiger partial charge in [0.1, 0.15) is 11.6 Å². The van der Waals surface area contributed by atoms with Gasteiger partial charge in [0, 0.05) is 24.0 Å². The van der Waals surface area contributed by atoms with Gasteiger partial charge in [0.05, 0.1) is 28.0 Å². The molecule has 1 aromatic heterocycles. The molecule has 1 aliphatic rings. The molecule has 0 saturated carbocycles. The fourth-order valence-corrected chi connectivity index (χ4v) is 5.54. The van der Waals surface area contributed by atoms with E-state index in [-0.39, 0.29) is 27.5 Å². The number of hydrogen-bond donors (Lipinski definition) is 2. The second-order valence-electron chi connectivity index (χ2n) is 7.28. The number of urea groups is 1. The minimum absolute atomic E-state index is 0.0576. The molecule has 2 aromatic carbocycles. The second kappa shape index (κ2) is 7.61. The van der Waals surface area contributed by atoms with Gasteiger partial charge in [-0.1, -0.05) is 17.7 Å². The van der Waals surface area contributed by atoms with Gasteiger partial charge in [0.2, 0.25) is 0 Å². The molecule has 0 radical (unpaired) electrons. The first-order valence-corrected chi connectivity index (χ1v) is 11.3. The van der Waals surface area contributed by atoms with Crippen molar-refractivity contribution in [3.8, 4) is 0 Å². The van der Waals surface area contributed by atoms with Crippen molar-refractivity contribution in [2.24, 2.45) is 0 Å². The molecule has 0 bridgehead atoms. The Kier molecular flexibility index (Phi) is 5.22. The number of anilines is 1. The van der Waals surface area contributed by atoms with Gasteiger partial charge in [-0.05, 0) is 35.7 Å². The molecule has 162 valence electrons. The van der Waals surface area contributed by atoms with Crippen LogP contribution in [0.5, 0.6) is 0 Å². The number of benzene rings is 2. The van der Waals surface area contributed by atoms with Crippen LogP contribution in [-0.2, 0) is 15.6 Å². The first kappa shape index (κ1) is 21.3. The van der Waals surface area contributed by atoms with Gasteiger partial charge in [-0.3, -0.25) is 4.79 Å². The molecule has 4 rings (SSSR count). The van der Waals surface area contributed by atoms with Crippen LogP contribution >= 0.6 is 11.6 Å². The Labute approximate surface area is 180 Å². The maximum absolute atomic E-state index is 13.7. The maximum atomic E-state index is 13.7. The number of amides is 2. The number of fused-ring (bicyclic) bond motifs is 3. The molecule has 31 heavy (non-hydrogen) atoms. The molecule has 1 atom stereocenters. The first-order valence-electron chi connectivity index (χ1n) is 9.09. The van der Waals surface area contributed by atoms with Gasteiger partial charge in [0.25, 0.3) is 5.56 Å². The summed E-state index contributed by atoms with van der Waals surface area (Å²) >= 11 is 5.74. The van der Waals surface area contributed by atoms with E-state index in [4.69, 9.17) is 11.6 Å². The second-order valence-corrected chi connectivity index (χ2v) is 9.79. The predicted molar refractivity (Wildman–Crippen MR) is 113 cm³/mol. The summed E-state index contributed by atoms with van der Waals surface area (Å²) in [5.74, 6) is -2.04. The van der Waals surface area contributed by atoms with E-state index in [0.717, 1.165) is 12.1 Å². The Morgan fingerprint density at radius 1 is 1.19 bits per heavy atom. The zero-order chi connectivity index (χ0) is 22.5. The summed E-state index contributed by atoms with van der Waals surface area (Å²) in [5.41, 5.74) is 0.191. The summed E-state index contributed by atoms with van der Waals surface area (Å²) in [6.07, 6.45) is 0. The molecule has 0 fully saturated rings. The largest absolute Gasteiger partial charge is 0.324 e. The van der Waals surface area contributed by atoms with E-state index in [1.807, 2.05) is 0 Å². The highest BCUT2D eigenvalue weighted by Gasteiger charge is 2.36. The summed E-state index contributed by atoms with van der Waals surface area (Å²) in [6, 6.07) is 5.64. The van der Waals surface area contributed by atoms with E-state index < -0.39 is 44.9 Å². The zero-order valence-corrected chi connectivity index (χ0v) is 17.7. The number of nitrogens with one attached hydrogen (secondary N) is 2. The molecule has 2 amide bonds. The van der Waals surface area contributed by atoms with Gasteiger partial charge in [0.15, 0.2) is 9.84 Å². The van der Waals surface area contributed by atoms with Crippen LogP contribution in [0.25, 0.3) is 10.8 Å². The number of pyridine rings is 1. The van der Waals surface area contributed by atoms with Crippen molar-refractivity contribution in [1.29, 1.82) is 0 Å². The average molecular weight is 468 g/mol. The SMILES string of the molecule is CN(C(=O)Nc1ccc(F)c(Cl)c1)C1CS(=O)(=O)Cc2[nH]c(=O)c3cc(F)ccc3c21. The fourth-order valence-electron chi connectivity index (χ4n) is 3.70. The van der Waals surface area contributed by atoms with Crippen molar-refractivity contribution >= 4 is 43.9 Å². The van der Waals surface area contributed by atoms with Gasteiger partial charge >= 0.3 is 6.03 Å². The molecule has 0 spiro atoms. The maximum Gasteiger partial charge on any atom is 0.322 e. The number of aromatic amines is 1. The highest BCUT2D eigenvalue weighted by atomic mass is 35.5. The molecule has 2 N–H and O–H groups in total. The molecule has 7 nitrogen and oxygen atoms in total. The number of hydrogen-bond acceptors (Lipinski definition) is 4. The van der Waals surface area contributed by atoms with Crippen LogP contribution in [0.4, 0.5) is 19.3 Å². The molecule has 3 aromatic rings. The highest BCUT2D eigenvalue weighted by Crippen LogP contribution is 2.35. The minimum atomic E-state index is -3.64. The number of nitrogens with zero attached hydrogens (tertiary/aromatic N) is 1. The van der Waals surface area contributed by atoms with E-state index in [0.29, 0.717) is 10.9 Å². The summed E-state index contributed by atoms with van der Waals surface area (Å²) in [5, 5.41) is 2.78. The Hall–Kier alpha value is -2.98. The lowest BCUT2D eigenvalue weighted by molar-refractivity contribution is 0.208. The van der Waals surface area contributed by atoms with Crippen molar-refractivity contribution in [2.75, 3.05) is 18.1 Å². The molecule has 0 saturated heterocycles. The molecule has 0 aliphatic carbocycles. The number of aromatic nitrogens is 1. The molecule has 2 heterocycles. The number of halogens is 3. The number of carbonyl (C=O) groups excluding carboxylic acids is 1. The third kappa shape index (κ3) is 4.00. The van der Waals surface area contributed by atoms with E-state index >= 15 is 0 Å². The third-order valence-electron chi connectivity index (χ3n) is 5.17. The van der Waals surface area contributed by atoms with Crippen molar-refractivity contribution < 1.29 is 22.0 Å². The Bertz CT molecular complexity index is 1390. The van der Waals surface area contributed by atoms with E-state index in [1.165, 1.54) is 36.2 Å². The highest BCUT2D eigenvalue weighted by molar-refractivity contribution is 7.90. The smallest absolute Gasteiger partial charge is 0.322 e. The van der Waals surface area contributed by atoms with Crippen LogP contribution in [0.1, 0.15) is 17.3 Å². The summed E-state index contributed by atoms with van der Waals surface area (Å²) in [4.78, 5) is 28.9. The number of rotatable bonds is 2. The molecule has 1 aliphatic heterocycles. The topological polar surface area (TPSA) is 99.3 Å². The monoisotopic (exact) mass is 467 g/mol. The summed E-state index contributed by atoms with van der Waals surface area (Å²) in [7, 11) is -2.24. The Morgan fingerprint density at radius 3 is 2.65 bits per heavy atom. The number of H-pyrrole nitrogens is 1. The van der Waals surface area contributed by atoms with Crippen molar-refractivity contribution in [3.05, 3.63) is 74.7 Å². The molecular weight excluding hydrogens is 452 g/mol. The predicted octanol–water partition coefficient (Wildman–Crippen LogP) is 3.59. The third-order valence-corrected chi connectivity index (χ3v) is 7.02. The average Bonchev–Trinajstić information content (AvgIpc) is 2.69. The van der Waals surface area contributed by atoms with Crippen LogP contribution in [-0.4, -0.2) is 37.1 Å². The van der Waals surface area contributed by atoms with Crippen molar-refractivity contribution in [3.63, 3.8) is 0 Å². The molecular formula is C20H16ClF2N3O4S. The van der Waals surface area contributed by atoms with Crippen LogP contribution in [0.15, 0.2) is 41.2 Å². The molecule has 1 unspecified atom stereocenters. The van der Waals surface area contributed by atoms with Gasteiger partial charge < -0.3 is 15.2 Å². The normalized spacial score (nSPS) is 17.2. The summed E-state index contributed by atoms with van der Waals surface area (Å²) < 4.78 is 52.1. The quantitative estimate of drug-likeness (QED) is 0.601. The number of carbonyl (C=O) groups is 1. The van der Waals surface area contributed by atoms with Crippen LogP contribution in [0, 0.1) is 11.6 Å². The van der Waals surface area contributed by atoms with Crippen molar-refractivity contribution in [2.45, 2.75) is 11.8 Å².